The summed E-state index contributed by atoms with van der Waals surface area (Å²) in [4.78, 5) is 18.1. The van der Waals surface area contributed by atoms with Crippen molar-refractivity contribution in [1.82, 2.24) is 19.9 Å². The number of hydrogen-bond donors (Lipinski definition) is 0. The Morgan fingerprint density at radius 2 is 1.15 bits per heavy atom. The van der Waals surface area contributed by atoms with Crippen molar-refractivity contribution in [2.24, 2.45) is 0 Å². The number of fused-ring (bicyclic) bond motifs is 3. The molecule has 0 unspecified atom stereocenters. The van der Waals surface area contributed by atoms with Crippen molar-refractivity contribution in [2.75, 3.05) is 0 Å². The van der Waals surface area contributed by atoms with E-state index >= 15 is 0 Å². The molecule has 0 fully saturated rings. The molecule has 1 radical (unpaired) electrons. The van der Waals surface area contributed by atoms with E-state index in [-0.39, 0.29) is 20.1 Å². The van der Waals surface area contributed by atoms with Gasteiger partial charge in [0.05, 0.1) is 5.52 Å². The Kier molecular flexibility index (Phi) is 10.4. The normalized spacial score (nSPS) is 10.6. The molecule has 4 nitrogen and oxygen atoms in total. The Bertz CT molecular complexity index is 2530. The molecule has 0 aliphatic rings. The minimum absolute atomic E-state index is 0. The van der Waals surface area contributed by atoms with Gasteiger partial charge < -0.3 is 9.97 Å². The number of nitrogens with zero attached hydrogens (tertiary/aromatic N) is 4. The van der Waals surface area contributed by atoms with E-state index in [0.717, 1.165) is 66.8 Å². The van der Waals surface area contributed by atoms with Gasteiger partial charge in [0.2, 0.25) is 0 Å². The maximum absolute atomic E-state index is 4.63. The first-order valence-electron chi connectivity index (χ1n) is 16.9. The number of aryl methyl sites for hydroxylation is 1. The van der Waals surface area contributed by atoms with Gasteiger partial charge in [-0.05, 0) is 63.6 Å². The quantitative estimate of drug-likeness (QED) is 0.128. The topological polar surface area (TPSA) is 51.6 Å². The summed E-state index contributed by atoms with van der Waals surface area (Å²) in [6.07, 6.45) is 9.33. The predicted molar refractivity (Wildman–Crippen MR) is 209 cm³/mol. The summed E-state index contributed by atoms with van der Waals surface area (Å²) in [5, 5.41) is 3.56. The first-order valence-corrected chi connectivity index (χ1v) is 16.9. The molecule has 9 aromatic rings. The monoisotopic (exact) mass is 845 g/mol. The molecular weight excluding hydrogens is 813 g/mol. The molecule has 4 aromatic heterocycles. The van der Waals surface area contributed by atoms with Crippen LogP contribution in [-0.4, -0.2) is 19.9 Å². The van der Waals surface area contributed by atoms with Crippen LogP contribution in [0, 0.1) is 19.1 Å². The fraction of sp³-hybridized carbons (Fsp3) is 0.0213. The second-order valence-electron chi connectivity index (χ2n) is 12.2. The van der Waals surface area contributed by atoms with E-state index < -0.39 is 0 Å². The molecule has 251 valence electrons. The van der Waals surface area contributed by atoms with Crippen LogP contribution in [0.5, 0.6) is 0 Å². The summed E-state index contributed by atoms with van der Waals surface area (Å²) in [6, 6.07) is 56.1. The number of pyridine rings is 4. The van der Waals surface area contributed by atoms with Crippen LogP contribution in [0.1, 0.15) is 5.56 Å². The number of hydrogen-bond acceptors (Lipinski definition) is 4. The summed E-state index contributed by atoms with van der Waals surface area (Å²) >= 11 is 0. The molecule has 52 heavy (non-hydrogen) atoms. The van der Waals surface area contributed by atoms with Crippen molar-refractivity contribution in [3.8, 4) is 55.9 Å². The third-order valence-corrected chi connectivity index (χ3v) is 8.95. The van der Waals surface area contributed by atoms with Crippen molar-refractivity contribution in [1.29, 1.82) is 0 Å². The van der Waals surface area contributed by atoms with Crippen molar-refractivity contribution in [3.05, 3.63) is 194 Å². The molecular formula is C47H32IrN4-2. The molecule has 0 saturated carbocycles. The molecule has 4 heterocycles. The largest absolute Gasteiger partial charge is 0.305 e. The van der Waals surface area contributed by atoms with Crippen LogP contribution in [0.2, 0.25) is 0 Å². The number of aromatic nitrogens is 4. The molecule has 0 N–H and O–H groups in total. The SMILES string of the molecule is Cc1c[c-]c(-c2ccccn2)cc1-c1cncc(-c2cc3ncccc3c3ccccc23)c1.[Ir].[c-]1cccc(-c2ccccc2)c1-c1ccccn1. The van der Waals surface area contributed by atoms with Gasteiger partial charge in [0, 0.05) is 62.0 Å². The standard InChI is InChI=1S/C30H20N3.C17H12N.Ir/c1-20-11-12-21(29-10-4-5-13-32-29)16-27(20)22-15-23(19-31-18-22)28-17-30-26(9-6-14-33-30)24-7-2-3-8-25(24)28;1-2-8-14(9-3-1)15-10-4-5-11-16(15)17-12-6-7-13-18-17;/h2-11,13-19H,1H3;1-10,12-13H;/q2*-1;. The summed E-state index contributed by atoms with van der Waals surface area (Å²) in [5.74, 6) is 0. The first-order chi connectivity index (χ1) is 25.2. The van der Waals surface area contributed by atoms with E-state index in [1.165, 1.54) is 16.3 Å². The van der Waals surface area contributed by atoms with E-state index in [4.69, 9.17) is 0 Å². The Hall–Kier alpha value is -6.13. The summed E-state index contributed by atoms with van der Waals surface area (Å²) in [6.45, 7) is 2.11. The molecule has 0 spiro atoms. The van der Waals surface area contributed by atoms with Crippen LogP contribution in [0.25, 0.3) is 77.6 Å². The van der Waals surface area contributed by atoms with Gasteiger partial charge in [-0.3, -0.25) is 9.97 Å². The zero-order valence-corrected chi connectivity index (χ0v) is 30.8. The molecule has 0 aliphatic carbocycles. The number of benzene rings is 5. The van der Waals surface area contributed by atoms with Crippen molar-refractivity contribution in [2.45, 2.75) is 6.92 Å². The molecule has 0 atom stereocenters. The van der Waals surface area contributed by atoms with Gasteiger partial charge in [-0.1, -0.05) is 109 Å². The van der Waals surface area contributed by atoms with Gasteiger partial charge in [0.15, 0.2) is 0 Å². The molecule has 0 saturated heterocycles. The minimum atomic E-state index is 0. The van der Waals surface area contributed by atoms with E-state index in [2.05, 4.69) is 106 Å². The van der Waals surface area contributed by atoms with Gasteiger partial charge in [0.25, 0.3) is 0 Å². The summed E-state index contributed by atoms with van der Waals surface area (Å²) in [7, 11) is 0. The van der Waals surface area contributed by atoms with Gasteiger partial charge >= 0.3 is 0 Å². The Morgan fingerprint density at radius 1 is 0.481 bits per heavy atom. The second kappa shape index (κ2) is 15.8. The van der Waals surface area contributed by atoms with E-state index in [0.29, 0.717) is 0 Å². The van der Waals surface area contributed by atoms with Crippen LogP contribution in [0.3, 0.4) is 0 Å². The molecule has 5 aromatic carbocycles. The van der Waals surface area contributed by atoms with E-state index in [9.17, 15) is 0 Å². The zero-order chi connectivity index (χ0) is 34.4. The maximum Gasteiger partial charge on any atom is 0.0714 e. The van der Waals surface area contributed by atoms with Gasteiger partial charge in [-0.2, -0.15) is 0 Å². The third-order valence-electron chi connectivity index (χ3n) is 8.95. The smallest absolute Gasteiger partial charge is 0.0714 e. The van der Waals surface area contributed by atoms with Gasteiger partial charge in [0.1, 0.15) is 0 Å². The molecule has 0 amide bonds. The Morgan fingerprint density at radius 3 is 1.92 bits per heavy atom. The molecule has 5 heteroatoms. The third kappa shape index (κ3) is 7.19. The first kappa shape index (κ1) is 34.3. The molecule has 0 aliphatic heterocycles. The van der Waals surface area contributed by atoms with Crippen LogP contribution in [0.4, 0.5) is 0 Å². The van der Waals surface area contributed by atoms with Crippen molar-refractivity contribution in [3.63, 3.8) is 0 Å². The van der Waals surface area contributed by atoms with E-state index in [1.54, 1.807) is 0 Å². The average Bonchev–Trinajstić information content (AvgIpc) is 3.22. The fourth-order valence-corrected chi connectivity index (χ4v) is 6.46. The average molecular weight is 845 g/mol. The van der Waals surface area contributed by atoms with Gasteiger partial charge in [-0.15, -0.1) is 59.2 Å². The molecule has 9 rings (SSSR count). The van der Waals surface area contributed by atoms with Gasteiger partial charge in [-0.25, -0.2) is 0 Å². The summed E-state index contributed by atoms with van der Waals surface area (Å²) < 4.78 is 0. The predicted octanol–water partition coefficient (Wildman–Crippen LogP) is 11.5. The summed E-state index contributed by atoms with van der Waals surface area (Å²) in [5.41, 5.74) is 12.8. The van der Waals surface area contributed by atoms with Crippen LogP contribution < -0.4 is 0 Å². The fourth-order valence-electron chi connectivity index (χ4n) is 6.46. The van der Waals surface area contributed by atoms with Crippen molar-refractivity contribution >= 4 is 21.7 Å². The zero-order valence-electron chi connectivity index (χ0n) is 28.4. The van der Waals surface area contributed by atoms with Crippen molar-refractivity contribution < 1.29 is 20.1 Å². The minimum Gasteiger partial charge on any atom is -0.305 e. The van der Waals surface area contributed by atoms with Crippen LogP contribution in [-0.2, 0) is 20.1 Å². The second-order valence-corrected chi connectivity index (χ2v) is 12.2. The maximum atomic E-state index is 4.63. The van der Waals surface area contributed by atoms with Crippen LogP contribution >= 0.6 is 0 Å². The van der Waals surface area contributed by atoms with E-state index in [1.807, 2.05) is 110 Å². The Balaban J connectivity index is 0.000000188. The molecule has 0 bridgehead atoms. The van der Waals surface area contributed by atoms with Crippen LogP contribution in [0.15, 0.2) is 177 Å². The number of rotatable bonds is 5. The Labute approximate surface area is 317 Å².